The van der Waals surface area contributed by atoms with Gasteiger partial charge in [0.15, 0.2) is 0 Å². The molecule has 0 saturated carbocycles. The summed E-state index contributed by atoms with van der Waals surface area (Å²) < 4.78 is 0. The summed E-state index contributed by atoms with van der Waals surface area (Å²) in [7, 11) is 0. The van der Waals surface area contributed by atoms with E-state index in [1.807, 2.05) is 0 Å². The molecule has 0 N–H and O–H groups in total. The van der Waals surface area contributed by atoms with Gasteiger partial charge in [0.2, 0.25) is 0 Å². The van der Waals surface area contributed by atoms with Crippen LogP contribution in [0.3, 0.4) is 0 Å². The first kappa shape index (κ1) is 12.0. The maximum Gasteiger partial charge on any atom is 0.00152 e. The molecular weight excluding hydrogens is 180 g/mol. The summed E-state index contributed by atoms with van der Waals surface area (Å²) >= 11 is 0. The van der Waals surface area contributed by atoms with Gasteiger partial charge in [-0.2, -0.15) is 0 Å². The Morgan fingerprint density at radius 1 is 1.13 bits per heavy atom. The van der Waals surface area contributed by atoms with Gasteiger partial charge >= 0.3 is 0 Å². The van der Waals surface area contributed by atoms with Crippen molar-refractivity contribution in [2.45, 2.75) is 32.6 Å². The number of allylic oxidation sites excluding steroid dienone is 6. The van der Waals surface area contributed by atoms with Crippen LogP contribution in [0.25, 0.3) is 0 Å². The Morgan fingerprint density at radius 2 is 1.67 bits per heavy atom. The third-order valence-electron chi connectivity index (χ3n) is 3.30. The first-order valence-corrected chi connectivity index (χ1v) is 5.86. The summed E-state index contributed by atoms with van der Waals surface area (Å²) in [6.45, 7) is 10.1. The summed E-state index contributed by atoms with van der Waals surface area (Å²) in [5.74, 6) is 0.563. The molecule has 0 nitrogen and oxygen atoms in total. The molecule has 82 valence electrons. The molecule has 0 fully saturated rings. The summed E-state index contributed by atoms with van der Waals surface area (Å²) in [5.41, 5.74) is 0.321. The fraction of sp³-hybridized carbons (Fsp3) is 0.467. The highest BCUT2D eigenvalue weighted by Gasteiger charge is 2.33. The summed E-state index contributed by atoms with van der Waals surface area (Å²) in [5, 5.41) is 0. The van der Waals surface area contributed by atoms with Crippen molar-refractivity contribution in [1.29, 1.82) is 0 Å². The van der Waals surface area contributed by atoms with Crippen molar-refractivity contribution < 1.29 is 0 Å². The number of hydrogen-bond acceptors (Lipinski definition) is 0. The first-order chi connectivity index (χ1) is 7.29. The molecular formula is C15H22. The second-order valence-corrected chi connectivity index (χ2v) is 4.39. The Hall–Kier alpha value is -1.04. The fourth-order valence-corrected chi connectivity index (χ4v) is 2.64. The molecule has 0 atom stereocenters. The van der Waals surface area contributed by atoms with E-state index in [0.717, 1.165) is 12.8 Å². The SMILES string of the molecule is C=CCC(CC=C)(CCC)C1C=CC=C1. The molecule has 0 aliphatic heterocycles. The van der Waals surface area contributed by atoms with Gasteiger partial charge in [0.05, 0.1) is 0 Å². The first-order valence-electron chi connectivity index (χ1n) is 5.86. The molecule has 0 radical (unpaired) electrons. The van der Waals surface area contributed by atoms with Crippen molar-refractivity contribution >= 4 is 0 Å². The fourth-order valence-electron chi connectivity index (χ4n) is 2.64. The average molecular weight is 202 g/mol. The minimum atomic E-state index is 0.321. The Labute approximate surface area is 94.1 Å². The Morgan fingerprint density at radius 3 is 2.07 bits per heavy atom. The second-order valence-electron chi connectivity index (χ2n) is 4.39. The Balaban J connectivity index is 2.87. The highest BCUT2D eigenvalue weighted by molar-refractivity contribution is 5.22. The van der Waals surface area contributed by atoms with Crippen LogP contribution in [0.4, 0.5) is 0 Å². The lowest BCUT2D eigenvalue weighted by Crippen LogP contribution is -2.26. The van der Waals surface area contributed by atoms with Crippen LogP contribution in [0, 0.1) is 11.3 Å². The third-order valence-corrected chi connectivity index (χ3v) is 3.30. The van der Waals surface area contributed by atoms with E-state index in [2.05, 4.69) is 56.5 Å². The predicted octanol–water partition coefficient (Wildman–Crippen LogP) is 4.67. The van der Waals surface area contributed by atoms with Gasteiger partial charge in [-0.15, -0.1) is 13.2 Å². The van der Waals surface area contributed by atoms with Crippen LogP contribution >= 0.6 is 0 Å². The van der Waals surface area contributed by atoms with E-state index in [1.165, 1.54) is 12.8 Å². The lowest BCUT2D eigenvalue weighted by Gasteiger charge is -2.36. The maximum atomic E-state index is 3.90. The zero-order chi connectivity index (χ0) is 11.1. The number of rotatable bonds is 7. The normalized spacial score (nSPS) is 15.8. The van der Waals surface area contributed by atoms with Crippen LogP contribution in [-0.2, 0) is 0 Å². The van der Waals surface area contributed by atoms with Gasteiger partial charge in [0.25, 0.3) is 0 Å². The number of hydrogen-bond donors (Lipinski definition) is 0. The molecule has 0 heteroatoms. The zero-order valence-electron chi connectivity index (χ0n) is 9.78. The van der Waals surface area contributed by atoms with E-state index >= 15 is 0 Å². The van der Waals surface area contributed by atoms with Gasteiger partial charge < -0.3 is 0 Å². The van der Waals surface area contributed by atoms with E-state index in [9.17, 15) is 0 Å². The third kappa shape index (κ3) is 2.71. The molecule has 0 saturated heterocycles. The van der Waals surface area contributed by atoms with Crippen LogP contribution in [0.1, 0.15) is 32.6 Å². The Kier molecular flexibility index (Phi) is 4.61. The minimum Gasteiger partial charge on any atom is -0.103 e. The van der Waals surface area contributed by atoms with E-state index in [-0.39, 0.29) is 0 Å². The molecule has 15 heavy (non-hydrogen) atoms. The van der Waals surface area contributed by atoms with Crippen molar-refractivity contribution in [1.82, 2.24) is 0 Å². The quantitative estimate of drug-likeness (QED) is 0.526. The van der Waals surface area contributed by atoms with E-state index < -0.39 is 0 Å². The van der Waals surface area contributed by atoms with Crippen molar-refractivity contribution in [3.63, 3.8) is 0 Å². The van der Waals surface area contributed by atoms with Gasteiger partial charge in [-0.25, -0.2) is 0 Å². The second kappa shape index (κ2) is 5.75. The van der Waals surface area contributed by atoms with Crippen LogP contribution in [0.2, 0.25) is 0 Å². The monoisotopic (exact) mass is 202 g/mol. The van der Waals surface area contributed by atoms with Gasteiger partial charge in [-0.05, 0) is 24.7 Å². The minimum absolute atomic E-state index is 0.321. The van der Waals surface area contributed by atoms with Gasteiger partial charge in [0, 0.05) is 5.92 Å². The maximum absolute atomic E-state index is 3.90. The predicted molar refractivity (Wildman–Crippen MR) is 68.7 cm³/mol. The van der Waals surface area contributed by atoms with Crippen molar-refractivity contribution in [2.75, 3.05) is 0 Å². The van der Waals surface area contributed by atoms with E-state index in [1.54, 1.807) is 0 Å². The molecule has 0 bridgehead atoms. The molecule has 1 rings (SSSR count). The van der Waals surface area contributed by atoms with Gasteiger partial charge in [-0.3, -0.25) is 0 Å². The van der Waals surface area contributed by atoms with Crippen molar-refractivity contribution in [3.8, 4) is 0 Å². The van der Waals surface area contributed by atoms with Crippen molar-refractivity contribution in [2.24, 2.45) is 11.3 Å². The smallest absolute Gasteiger partial charge is 0.00152 e. The van der Waals surface area contributed by atoms with Gasteiger partial charge in [-0.1, -0.05) is 49.8 Å². The molecule has 0 spiro atoms. The summed E-state index contributed by atoms with van der Waals surface area (Å²) in [6, 6.07) is 0. The molecule has 1 aliphatic rings. The van der Waals surface area contributed by atoms with E-state index in [4.69, 9.17) is 0 Å². The van der Waals surface area contributed by atoms with Crippen LogP contribution < -0.4 is 0 Å². The molecule has 0 aromatic carbocycles. The lowest BCUT2D eigenvalue weighted by molar-refractivity contribution is 0.217. The molecule has 0 aromatic heterocycles. The lowest BCUT2D eigenvalue weighted by atomic mass is 9.68. The Bertz CT molecular complexity index is 246. The zero-order valence-corrected chi connectivity index (χ0v) is 9.78. The highest BCUT2D eigenvalue weighted by Crippen LogP contribution is 2.43. The molecule has 1 aliphatic carbocycles. The van der Waals surface area contributed by atoms with Gasteiger partial charge in [0.1, 0.15) is 0 Å². The van der Waals surface area contributed by atoms with Crippen LogP contribution in [-0.4, -0.2) is 0 Å². The highest BCUT2D eigenvalue weighted by atomic mass is 14.4. The standard InChI is InChI=1S/C15H22/c1-4-11-15(12-5-2,13-6-3)14-9-7-8-10-14/h4-5,7-10,14H,1-2,6,11-13H2,3H3. The summed E-state index contributed by atoms with van der Waals surface area (Å²) in [6.07, 6.45) is 17.6. The average Bonchev–Trinajstić information content (AvgIpc) is 2.72. The topological polar surface area (TPSA) is 0 Å². The van der Waals surface area contributed by atoms with E-state index in [0.29, 0.717) is 11.3 Å². The molecule has 0 aromatic rings. The largest absolute Gasteiger partial charge is 0.103 e. The summed E-state index contributed by atoms with van der Waals surface area (Å²) in [4.78, 5) is 0. The molecule has 0 unspecified atom stereocenters. The molecule has 0 amide bonds. The van der Waals surface area contributed by atoms with Crippen LogP contribution in [0.5, 0.6) is 0 Å². The van der Waals surface area contributed by atoms with Crippen molar-refractivity contribution in [3.05, 3.63) is 49.6 Å². The molecule has 0 heterocycles. The van der Waals surface area contributed by atoms with Crippen LogP contribution in [0.15, 0.2) is 49.6 Å².